The van der Waals surface area contributed by atoms with Crippen molar-refractivity contribution in [3.8, 4) is 17.0 Å². The van der Waals surface area contributed by atoms with Crippen LogP contribution in [0.15, 0.2) is 65.5 Å². The lowest BCUT2D eigenvalue weighted by Gasteiger charge is -2.17. The van der Waals surface area contributed by atoms with E-state index in [2.05, 4.69) is 15.2 Å². The van der Waals surface area contributed by atoms with Gasteiger partial charge in [0, 0.05) is 35.8 Å². The van der Waals surface area contributed by atoms with Crippen molar-refractivity contribution < 1.29 is 13.9 Å². The standard InChI is InChI=1S/C26H27FN4O2S/c1-31(26(32)20-6-5-8-24(14-20)33-16-23-17-34-18-28-23)13-4-2-3-7-22-15-25(30-29-22)19-9-11-21(27)12-10-19/h5-6,8-12,14-15,17-18H,2-4,7,13,16H2,1H3,(H,29,30). The topological polar surface area (TPSA) is 71.1 Å². The van der Waals surface area contributed by atoms with Crippen LogP contribution in [0, 0.1) is 5.82 Å². The molecule has 0 spiro atoms. The predicted molar refractivity (Wildman–Crippen MR) is 131 cm³/mol. The molecule has 0 bridgehead atoms. The lowest BCUT2D eigenvalue weighted by molar-refractivity contribution is 0.0792. The van der Waals surface area contributed by atoms with Gasteiger partial charge in [-0.15, -0.1) is 11.3 Å². The zero-order valence-electron chi connectivity index (χ0n) is 19.0. The number of hydrogen-bond acceptors (Lipinski definition) is 5. The number of rotatable bonds is 11. The fourth-order valence-electron chi connectivity index (χ4n) is 3.61. The number of aryl methyl sites for hydroxylation is 1. The van der Waals surface area contributed by atoms with Gasteiger partial charge in [-0.2, -0.15) is 5.10 Å². The highest BCUT2D eigenvalue weighted by molar-refractivity contribution is 7.07. The van der Waals surface area contributed by atoms with Crippen LogP contribution >= 0.6 is 11.3 Å². The number of amides is 1. The van der Waals surface area contributed by atoms with Gasteiger partial charge >= 0.3 is 0 Å². The third-order valence-electron chi connectivity index (χ3n) is 5.51. The van der Waals surface area contributed by atoms with Crippen LogP contribution in [0.4, 0.5) is 4.39 Å². The average molecular weight is 479 g/mol. The molecule has 34 heavy (non-hydrogen) atoms. The van der Waals surface area contributed by atoms with Gasteiger partial charge in [0.05, 0.1) is 16.9 Å². The Morgan fingerprint density at radius 3 is 2.76 bits per heavy atom. The van der Waals surface area contributed by atoms with Crippen LogP contribution in [0.25, 0.3) is 11.3 Å². The largest absolute Gasteiger partial charge is 0.487 e. The SMILES string of the molecule is CN(CCCCCc1cc(-c2ccc(F)cc2)n[nH]1)C(=O)c1cccc(OCc2cscn2)c1. The highest BCUT2D eigenvalue weighted by Crippen LogP contribution is 2.19. The Balaban J connectivity index is 1.18. The zero-order chi connectivity index (χ0) is 23.8. The number of nitrogens with zero attached hydrogens (tertiary/aromatic N) is 3. The number of carbonyl (C=O) groups is 1. The van der Waals surface area contributed by atoms with E-state index < -0.39 is 0 Å². The number of ether oxygens (including phenoxy) is 1. The van der Waals surface area contributed by atoms with Gasteiger partial charge in [0.1, 0.15) is 18.2 Å². The minimum Gasteiger partial charge on any atom is -0.487 e. The van der Waals surface area contributed by atoms with Gasteiger partial charge in [0.15, 0.2) is 0 Å². The fraction of sp³-hybridized carbons (Fsp3) is 0.269. The minimum absolute atomic E-state index is 0.0170. The lowest BCUT2D eigenvalue weighted by Crippen LogP contribution is -2.27. The molecule has 0 aliphatic heterocycles. The first-order valence-corrected chi connectivity index (χ1v) is 12.2. The molecule has 1 amide bonds. The zero-order valence-corrected chi connectivity index (χ0v) is 19.9. The number of carbonyl (C=O) groups excluding carboxylic acids is 1. The second-order valence-corrected chi connectivity index (χ2v) is 8.84. The van der Waals surface area contributed by atoms with Crippen molar-refractivity contribution in [1.29, 1.82) is 0 Å². The average Bonchev–Trinajstić information content (AvgIpc) is 3.55. The van der Waals surface area contributed by atoms with Crippen molar-refractivity contribution in [2.45, 2.75) is 32.3 Å². The molecule has 0 saturated carbocycles. The van der Waals surface area contributed by atoms with E-state index in [1.807, 2.05) is 36.7 Å². The van der Waals surface area contributed by atoms with Crippen LogP contribution < -0.4 is 4.74 Å². The van der Waals surface area contributed by atoms with Gasteiger partial charge in [0.2, 0.25) is 0 Å². The fourth-order valence-corrected chi connectivity index (χ4v) is 4.15. The van der Waals surface area contributed by atoms with Gasteiger partial charge < -0.3 is 9.64 Å². The maximum absolute atomic E-state index is 13.1. The molecule has 0 saturated heterocycles. The Bertz CT molecular complexity index is 1190. The van der Waals surface area contributed by atoms with Crippen LogP contribution in [0.2, 0.25) is 0 Å². The first-order valence-electron chi connectivity index (χ1n) is 11.2. The molecule has 8 heteroatoms. The van der Waals surface area contributed by atoms with E-state index in [1.165, 1.54) is 23.5 Å². The Hall–Kier alpha value is -3.52. The van der Waals surface area contributed by atoms with E-state index in [0.29, 0.717) is 24.5 Å². The molecule has 4 rings (SSSR count). The monoisotopic (exact) mass is 478 g/mol. The first-order chi connectivity index (χ1) is 16.6. The number of unbranched alkanes of at least 4 members (excludes halogenated alkanes) is 2. The number of hydrogen-bond donors (Lipinski definition) is 1. The number of aromatic amines is 1. The molecule has 2 aromatic heterocycles. The molecular formula is C26H27FN4O2S. The van der Waals surface area contributed by atoms with Crippen LogP contribution in [0.3, 0.4) is 0 Å². The lowest BCUT2D eigenvalue weighted by atomic mass is 10.1. The normalized spacial score (nSPS) is 10.9. The first kappa shape index (κ1) is 23.6. The summed E-state index contributed by atoms with van der Waals surface area (Å²) in [7, 11) is 1.83. The molecule has 2 aromatic carbocycles. The summed E-state index contributed by atoms with van der Waals surface area (Å²) in [5.74, 6) is 0.388. The predicted octanol–water partition coefficient (Wildman–Crippen LogP) is 5.74. The summed E-state index contributed by atoms with van der Waals surface area (Å²) in [6, 6.07) is 15.6. The summed E-state index contributed by atoms with van der Waals surface area (Å²) in [5, 5.41) is 9.32. The summed E-state index contributed by atoms with van der Waals surface area (Å²) in [5.41, 5.74) is 6.02. The minimum atomic E-state index is -0.254. The molecule has 2 heterocycles. The van der Waals surface area contributed by atoms with E-state index in [4.69, 9.17) is 4.74 Å². The number of aromatic nitrogens is 3. The van der Waals surface area contributed by atoms with E-state index >= 15 is 0 Å². The summed E-state index contributed by atoms with van der Waals surface area (Å²) in [6.07, 6.45) is 3.79. The number of nitrogens with one attached hydrogen (secondary N) is 1. The number of benzene rings is 2. The maximum Gasteiger partial charge on any atom is 0.253 e. The highest BCUT2D eigenvalue weighted by Gasteiger charge is 2.12. The van der Waals surface area contributed by atoms with Gasteiger partial charge in [-0.05, 0) is 67.8 Å². The summed E-state index contributed by atoms with van der Waals surface area (Å²) >= 11 is 1.53. The number of H-pyrrole nitrogens is 1. The molecule has 176 valence electrons. The molecule has 0 radical (unpaired) electrons. The second kappa shape index (κ2) is 11.6. The van der Waals surface area contributed by atoms with E-state index in [-0.39, 0.29) is 11.7 Å². The summed E-state index contributed by atoms with van der Waals surface area (Å²) < 4.78 is 18.8. The van der Waals surface area contributed by atoms with Gasteiger partial charge in [0.25, 0.3) is 5.91 Å². The highest BCUT2D eigenvalue weighted by atomic mass is 32.1. The molecular weight excluding hydrogens is 451 g/mol. The van der Waals surface area contributed by atoms with Crippen molar-refractivity contribution >= 4 is 17.2 Å². The molecule has 0 aliphatic carbocycles. The van der Waals surface area contributed by atoms with Crippen molar-refractivity contribution in [3.05, 3.63) is 88.3 Å². The Morgan fingerprint density at radius 2 is 1.97 bits per heavy atom. The van der Waals surface area contributed by atoms with E-state index in [0.717, 1.165) is 48.3 Å². The van der Waals surface area contributed by atoms with Crippen LogP contribution in [-0.4, -0.2) is 39.6 Å². The van der Waals surface area contributed by atoms with E-state index in [1.54, 1.807) is 28.6 Å². The van der Waals surface area contributed by atoms with E-state index in [9.17, 15) is 9.18 Å². The molecule has 4 aromatic rings. The molecule has 0 aliphatic rings. The maximum atomic E-state index is 13.1. The van der Waals surface area contributed by atoms with Gasteiger partial charge in [-0.3, -0.25) is 9.89 Å². The quantitative estimate of drug-likeness (QED) is 0.279. The number of thiazole rings is 1. The van der Waals surface area contributed by atoms with Crippen molar-refractivity contribution in [2.24, 2.45) is 0 Å². The Labute approximate surface area is 202 Å². The molecule has 1 N–H and O–H groups in total. The van der Waals surface area contributed by atoms with Crippen molar-refractivity contribution in [1.82, 2.24) is 20.1 Å². The third kappa shape index (κ3) is 6.51. The van der Waals surface area contributed by atoms with Gasteiger partial charge in [-0.1, -0.05) is 12.5 Å². The molecule has 6 nitrogen and oxygen atoms in total. The van der Waals surface area contributed by atoms with Crippen LogP contribution in [0.1, 0.15) is 41.0 Å². The third-order valence-corrected chi connectivity index (χ3v) is 6.14. The summed E-state index contributed by atoms with van der Waals surface area (Å²) in [6.45, 7) is 1.07. The van der Waals surface area contributed by atoms with Crippen LogP contribution in [-0.2, 0) is 13.0 Å². The van der Waals surface area contributed by atoms with Crippen molar-refractivity contribution in [3.63, 3.8) is 0 Å². The number of halogens is 1. The smallest absolute Gasteiger partial charge is 0.253 e. The molecule has 0 unspecified atom stereocenters. The van der Waals surface area contributed by atoms with Gasteiger partial charge in [-0.25, -0.2) is 9.37 Å². The molecule has 0 fully saturated rings. The van der Waals surface area contributed by atoms with Crippen molar-refractivity contribution in [2.75, 3.05) is 13.6 Å². The Kier molecular flexibility index (Phi) is 8.04. The second-order valence-electron chi connectivity index (χ2n) is 8.12. The summed E-state index contributed by atoms with van der Waals surface area (Å²) in [4.78, 5) is 18.8. The Morgan fingerprint density at radius 1 is 1.12 bits per heavy atom. The van der Waals surface area contributed by atoms with Crippen LogP contribution in [0.5, 0.6) is 5.75 Å². The molecule has 0 atom stereocenters.